The summed E-state index contributed by atoms with van der Waals surface area (Å²) in [6.07, 6.45) is 3.35. The largest absolute Gasteiger partial charge is 0.382 e. The van der Waals surface area contributed by atoms with Gasteiger partial charge in [-0.25, -0.2) is 0 Å². The second-order valence-electron chi connectivity index (χ2n) is 5.49. The number of benzene rings is 1. The van der Waals surface area contributed by atoms with Crippen molar-refractivity contribution in [3.8, 4) is 0 Å². The molecule has 0 aliphatic carbocycles. The lowest BCUT2D eigenvalue weighted by atomic mass is 10.1. The lowest BCUT2D eigenvalue weighted by Gasteiger charge is -2.08. The Hall–Kier alpha value is -0.250. The second-order valence-corrected chi connectivity index (χ2v) is 6.65. The van der Waals surface area contributed by atoms with Gasteiger partial charge in [-0.3, -0.25) is 0 Å². The van der Waals surface area contributed by atoms with Crippen molar-refractivity contribution in [1.29, 1.82) is 0 Å². The molecule has 1 rings (SSSR count). The van der Waals surface area contributed by atoms with E-state index in [2.05, 4.69) is 46.9 Å². The minimum absolute atomic E-state index is 0.587. The predicted molar refractivity (Wildman–Crippen MR) is 107 cm³/mol. The van der Waals surface area contributed by atoms with Crippen molar-refractivity contribution in [3.63, 3.8) is 0 Å². The molecule has 1 aromatic carbocycles. The molecule has 144 valence electrons. The van der Waals surface area contributed by atoms with Gasteiger partial charge in [0.2, 0.25) is 0 Å². The Bertz CT molecular complexity index is 417. The number of hydrogen-bond acceptors (Lipinski definition) is 5. The number of hydrogen-bond donors (Lipinski definition) is 0. The van der Waals surface area contributed by atoms with Crippen LogP contribution in [0.1, 0.15) is 18.4 Å². The molecule has 25 heavy (non-hydrogen) atoms. The summed E-state index contributed by atoms with van der Waals surface area (Å²) in [6.45, 7) is 5.64. The number of methoxy groups -OCH3 is 1. The summed E-state index contributed by atoms with van der Waals surface area (Å²) in [6, 6.07) is 8.53. The average Bonchev–Trinajstić information content (AvgIpc) is 2.63. The van der Waals surface area contributed by atoms with Crippen LogP contribution in [0.3, 0.4) is 0 Å². The molecule has 0 spiro atoms. The quantitative estimate of drug-likeness (QED) is 0.261. The molecule has 0 unspecified atom stereocenters. The molecule has 0 fully saturated rings. The summed E-state index contributed by atoms with van der Waals surface area (Å²) in [4.78, 5) is 0. The zero-order valence-electron chi connectivity index (χ0n) is 15.2. The standard InChI is InChI=1S/C19H31IO5/c1-21-10-11-23-14-15-25-17-16-24-13-12-22-9-5-4-7-18-6-2-3-8-19(18)20/h2-3,6,8H,4-5,7,9-17H2,1H3. The zero-order valence-corrected chi connectivity index (χ0v) is 17.4. The third kappa shape index (κ3) is 13.6. The summed E-state index contributed by atoms with van der Waals surface area (Å²) in [5.74, 6) is 0. The van der Waals surface area contributed by atoms with Gasteiger partial charge in [0.05, 0.1) is 52.9 Å². The Morgan fingerprint density at radius 3 is 1.76 bits per heavy atom. The summed E-state index contributed by atoms with van der Waals surface area (Å²) < 4.78 is 28.0. The third-order valence-corrected chi connectivity index (χ3v) is 4.54. The molecule has 0 bridgehead atoms. The fraction of sp³-hybridized carbons (Fsp3) is 0.684. The van der Waals surface area contributed by atoms with Gasteiger partial charge in [-0.05, 0) is 53.5 Å². The minimum Gasteiger partial charge on any atom is -0.382 e. The van der Waals surface area contributed by atoms with Gasteiger partial charge in [-0.1, -0.05) is 18.2 Å². The Morgan fingerprint density at radius 2 is 1.20 bits per heavy atom. The first-order chi connectivity index (χ1) is 12.3. The van der Waals surface area contributed by atoms with Gasteiger partial charge in [0.25, 0.3) is 0 Å². The number of aryl methyl sites for hydroxylation is 1. The first-order valence-corrected chi connectivity index (χ1v) is 9.95. The highest BCUT2D eigenvalue weighted by Crippen LogP contribution is 2.13. The lowest BCUT2D eigenvalue weighted by molar-refractivity contribution is -0.00797. The van der Waals surface area contributed by atoms with Crippen LogP contribution in [-0.4, -0.2) is 66.6 Å². The van der Waals surface area contributed by atoms with Crippen molar-refractivity contribution >= 4 is 22.6 Å². The minimum atomic E-state index is 0.587. The zero-order chi connectivity index (χ0) is 18.0. The molecular weight excluding hydrogens is 435 g/mol. The SMILES string of the molecule is COCCOCCOCCOCCOCCCCc1ccccc1I. The van der Waals surface area contributed by atoms with Crippen LogP contribution in [0.15, 0.2) is 24.3 Å². The maximum atomic E-state index is 5.58. The van der Waals surface area contributed by atoms with E-state index >= 15 is 0 Å². The molecular formula is C19H31IO5. The van der Waals surface area contributed by atoms with Gasteiger partial charge >= 0.3 is 0 Å². The van der Waals surface area contributed by atoms with E-state index in [4.69, 9.17) is 23.7 Å². The number of halogens is 1. The van der Waals surface area contributed by atoms with Gasteiger partial charge in [0.15, 0.2) is 0 Å². The maximum absolute atomic E-state index is 5.58. The Labute approximate surface area is 165 Å². The molecule has 0 heterocycles. The van der Waals surface area contributed by atoms with Crippen LogP contribution in [0.5, 0.6) is 0 Å². The van der Waals surface area contributed by atoms with Crippen molar-refractivity contribution in [3.05, 3.63) is 33.4 Å². The van der Waals surface area contributed by atoms with E-state index in [-0.39, 0.29) is 0 Å². The molecule has 0 amide bonds. The molecule has 6 heteroatoms. The predicted octanol–water partition coefficient (Wildman–Crippen LogP) is 3.33. The van der Waals surface area contributed by atoms with E-state index in [0.717, 1.165) is 25.9 Å². The van der Waals surface area contributed by atoms with Crippen molar-refractivity contribution < 1.29 is 23.7 Å². The fourth-order valence-electron chi connectivity index (χ4n) is 2.12. The van der Waals surface area contributed by atoms with E-state index in [0.29, 0.717) is 52.9 Å². The maximum Gasteiger partial charge on any atom is 0.0701 e. The van der Waals surface area contributed by atoms with Gasteiger partial charge < -0.3 is 23.7 Å². The van der Waals surface area contributed by atoms with Crippen LogP contribution < -0.4 is 0 Å². The molecule has 0 aliphatic rings. The van der Waals surface area contributed by atoms with Crippen LogP contribution in [-0.2, 0) is 30.1 Å². The van der Waals surface area contributed by atoms with Crippen molar-refractivity contribution in [2.75, 3.05) is 66.6 Å². The van der Waals surface area contributed by atoms with E-state index < -0.39 is 0 Å². The molecule has 0 saturated carbocycles. The first-order valence-electron chi connectivity index (χ1n) is 8.88. The number of rotatable bonds is 17. The molecule has 0 atom stereocenters. The summed E-state index contributed by atoms with van der Waals surface area (Å²) in [5.41, 5.74) is 1.43. The highest BCUT2D eigenvalue weighted by atomic mass is 127. The number of ether oxygens (including phenoxy) is 5. The van der Waals surface area contributed by atoms with E-state index in [9.17, 15) is 0 Å². The third-order valence-electron chi connectivity index (χ3n) is 3.49. The van der Waals surface area contributed by atoms with Gasteiger partial charge in [0.1, 0.15) is 0 Å². The van der Waals surface area contributed by atoms with Crippen molar-refractivity contribution in [1.82, 2.24) is 0 Å². The molecule has 0 aromatic heterocycles. The Kier molecular flexibility index (Phi) is 15.7. The molecule has 0 aliphatic heterocycles. The van der Waals surface area contributed by atoms with E-state index in [1.807, 2.05) is 0 Å². The fourth-order valence-corrected chi connectivity index (χ4v) is 2.78. The van der Waals surface area contributed by atoms with Crippen LogP contribution in [0.25, 0.3) is 0 Å². The molecule has 5 nitrogen and oxygen atoms in total. The highest BCUT2D eigenvalue weighted by molar-refractivity contribution is 14.1. The highest BCUT2D eigenvalue weighted by Gasteiger charge is 1.98. The van der Waals surface area contributed by atoms with Crippen molar-refractivity contribution in [2.24, 2.45) is 0 Å². The second kappa shape index (κ2) is 17.2. The van der Waals surface area contributed by atoms with Gasteiger partial charge in [-0.2, -0.15) is 0 Å². The Balaban J connectivity index is 1.75. The van der Waals surface area contributed by atoms with E-state index in [1.165, 1.54) is 9.13 Å². The molecule has 0 radical (unpaired) electrons. The monoisotopic (exact) mass is 466 g/mol. The summed E-state index contributed by atoms with van der Waals surface area (Å²) in [5, 5.41) is 0. The number of unbranched alkanes of at least 4 members (excludes halogenated alkanes) is 1. The van der Waals surface area contributed by atoms with E-state index in [1.54, 1.807) is 7.11 Å². The molecule has 1 aromatic rings. The van der Waals surface area contributed by atoms with Crippen LogP contribution >= 0.6 is 22.6 Å². The van der Waals surface area contributed by atoms with Crippen LogP contribution in [0.2, 0.25) is 0 Å². The lowest BCUT2D eigenvalue weighted by Crippen LogP contribution is -2.13. The molecule has 0 N–H and O–H groups in total. The topological polar surface area (TPSA) is 46.2 Å². The normalized spacial score (nSPS) is 11.1. The first kappa shape index (κ1) is 22.8. The van der Waals surface area contributed by atoms with Gasteiger partial charge in [-0.15, -0.1) is 0 Å². The molecule has 0 saturated heterocycles. The van der Waals surface area contributed by atoms with Crippen LogP contribution in [0.4, 0.5) is 0 Å². The van der Waals surface area contributed by atoms with Crippen molar-refractivity contribution in [2.45, 2.75) is 19.3 Å². The summed E-state index contributed by atoms with van der Waals surface area (Å²) in [7, 11) is 1.66. The Morgan fingerprint density at radius 1 is 0.680 bits per heavy atom. The van der Waals surface area contributed by atoms with Crippen LogP contribution in [0, 0.1) is 3.57 Å². The summed E-state index contributed by atoms with van der Waals surface area (Å²) >= 11 is 2.39. The van der Waals surface area contributed by atoms with Gasteiger partial charge in [0, 0.05) is 17.3 Å². The average molecular weight is 466 g/mol. The smallest absolute Gasteiger partial charge is 0.0701 e.